The third-order valence-corrected chi connectivity index (χ3v) is 3.63. The number of ether oxygens (including phenoxy) is 1. The highest BCUT2D eigenvalue weighted by atomic mass is 16.5. The summed E-state index contributed by atoms with van der Waals surface area (Å²) in [4.78, 5) is 24.0. The van der Waals surface area contributed by atoms with Gasteiger partial charge in [-0.15, -0.1) is 0 Å². The zero-order valence-electron chi connectivity index (χ0n) is 14.7. The summed E-state index contributed by atoms with van der Waals surface area (Å²) in [6.07, 6.45) is 3.13. The van der Waals surface area contributed by atoms with Crippen LogP contribution in [0.3, 0.4) is 0 Å². The van der Waals surface area contributed by atoms with E-state index in [4.69, 9.17) is 16.2 Å². The lowest BCUT2D eigenvalue weighted by molar-refractivity contribution is 0.0996. The zero-order valence-corrected chi connectivity index (χ0v) is 14.7. The number of Topliss-reactive ketones (excluding diaryl/α,β-unsaturated/α-hetero) is 1. The zero-order chi connectivity index (χ0) is 18.9. The molecule has 0 amide bonds. The average Bonchev–Trinajstić information content (AvgIpc) is 2.66. The normalized spacial score (nSPS) is 11.8. The fourth-order valence-electron chi connectivity index (χ4n) is 2.32. The fraction of sp³-hybridized carbons (Fsp3) is 0.412. The van der Waals surface area contributed by atoms with Crippen LogP contribution in [0.1, 0.15) is 35.9 Å². The van der Waals surface area contributed by atoms with Crippen molar-refractivity contribution in [3.8, 4) is 5.75 Å². The molecule has 6 N–H and O–H groups in total. The van der Waals surface area contributed by atoms with Gasteiger partial charge in [0.1, 0.15) is 12.3 Å². The number of nitrogen functional groups attached to an aromatic ring is 1. The molecule has 2 rings (SSSR count). The van der Waals surface area contributed by atoms with E-state index in [-0.39, 0.29) is 37.5 Å². The number of carbonyl (C=O) groups is 1. The van der Waals surface area contributed by atoms with Gasteiger partial charge in [0.25, 0.3) is 0 Å². The van der Waals surface area contributed by atoms with Crippen molar-refractivity contribution in [2.24, 2.45) is 5.73 Å². The van der Waals surface area contributed by atoms with Crippen LogP contribution in [0.5, 0.6) is 5.75 Å². The number of aliphatic hydroxyl groups excluding tert-OH is 1. The summed E-state index contributed by atoms with van der Waals surface area (Å²) < 4.78 is 5.74. The molecule has 26 heavy (non-hydrogen) atoms. The molecule has 1 atom stereocenters. The Hall–Kier alpha value is -2.78. The van der Waals surface area contributed by atoms with Crippen LogP contribution < -0.4 is 21.5 Å². The molecule has 0 saturated carbocycles. The van der Waals surface area contributed by atoms with Gasteiger partial charge in [0.2, 0.25) is 5.95 Å². The predicted molar refractivity (Wildman–Crippen MR) is 97.8 cm³/mol. The van der Waals surface area contributed by atoms with E-state index in [0.717, 1.165) is 12.8 Å². The van der Waals surface area contributed by atoms with Crippen LogP contribution in [-0.4, -0.2) is 45.0 Å². The first-order chi connectivity index (χ1) is 12.6. The summed E-state index contributed by atoms with van der Waals surface area (Å²) in [6.45, 7) is 2.00. The Morgan fingerprint density at radius 1 is 1.38 bits per heavy atom. The maximum atomic E-state index is 11.7. The smallest absolute Gasteiger partial charge is 0.222 e. The number of anilines is 2. The molecule has 0 fully saturated rings. The first kappa shape index (κ1) is 19.5. The minimum atomic E-state index is -0.240. The summed E-state index contributed by atoms with van der Waals surface area (Å²) in [5.74, 6) is 0.641. The Kier molecular flexibility index (Phi) is 7.24. The molecule has 9 nitrogen and oxygen atoms in total. The Labute approximate surface area is 151 Å². The number of aliphatic hydroxyl groups is 1. The summed E-state index contributed by atoms with van der Waals surface area (Å²) in [5, 5.41) is 12.6. The first-order valence-corrected chi connectivity index (χ1v) is 8.39. The van der Waals surface area contributed by atoms with Crippen molar-refractivity contribution in [3.05, 3.63) is 35.8 Å². The quantitative estimate of drug-likeness (QED) is 0.450. The minimum Gasteiger partial charge on any atom is -0.482 e. The molecule has 0 radical (unpaired) electrons. The molecule has 0 aliphatic carbocycles. The molecule has 0 spiro atoms. The molecule has 2 aromatic heterocycles. The highest BCUT2D eigenvalue weighted by molar-refractivity contribution is 5.95. The van der Waals surface area contributed by atoms with E-state index >= 15 is 0 Å². The third kappa shape index (κ3) is 5.36. The standard InChI is InChI=1S/C17H24N6O3/c1-2-4-11(9-24)22-16-15(8-20-17(19)23-16)26-10-12-5-3-6-13(21-12)14(25)7-18/h3,5-6,8,11,24H,2,4,7,9-10,18H2,1H3,(H3,19,20,22,23)/t11-/m0/s1. The number of nitrogens with two attached hydrogens (primary N) is 2. The number of hydrogen-bond acceptors (Lipinski definition) is 9. The van der Waals surface area contributed by atoms with E-state index in [9.17, 15) is 9.90 Å². The van der Waals surface area contributed by atoms with Gasteiger partial charge >= 0.3 is 0 Å². The Morgan fingerprint density at radius 2 is 2.19 bits per heavy atom. The van der Waals surface area contributed by atoms with Crippen LogP contribution in [0.2, 0.25) is 0 Å². The molecule has 0 bridgehead atoms. The van der Waals surface area contributed by atoms with Crippen molar-refractivity contribution in [1.82, 2.24) is 15.0 Å². The lowest BCUT2D eigenvalue weighted by Gasteiger charge is -2.18. The molecule has 0 aromatic carbocycles. The van der Waals surface area contributed by atoms with Crippen molar-refractivity contribution in [3.63, 3.8) is 0 Å². The summed E-state index contributed by atoms with van der Waals surface area (Å²) >= 11 is 0. The minimum absolute atomic E-state index is 0.0397. The van der Waals surface area contributed by atoms with E-state index in [1.54, 1.807) is 18.2 Å². The summed E-state index contributed by atoms with van der Waals surface area (Å²) in [5.41, 5.74) is 11.9. The van der Waals surface area contributed by atoms with Crippen LogP contribution in [0.15, 0.2) is 24.4 Å². The van der Waals surface area contributed by atoms with Crippen molar-refractivity contribution in [2.75, 3.05) is 24.2 Å². The van der Waals surface area contributed by atoms with E-state index < -0.39 is 0 Å². The molecular weight excluding hydrogens is 336 g/mol. The molecule has 140 valence electrons. The van der Waals surface area contributed by atoms with Crippen molar-refractivity contribution < 1.29 is 14.6 Å². The maximum Gasteiger partial charge on any atom is 0.222 e. The van der Waals surface area contributed by atoms with Gasteiger partial charge in [-0.05, 0) is 18.6 Å². The third-order valence-electron chi connectivity index (χ3n) is 3.63. The predicted octanol–water partition coefficient (Wildman–Crippen LogP) is 0.747. The van der Waals surface area contributed by atoms with E-state index in [2.05, 4.69) is 20.3 Å². The molecule has 2 aromatic rings. The molecule has 2 heterocycles. The van der Waals surface area contributed by atoms with Gasteiger partial charge in [0.05, 0.1) is 31.1 Å². The SMILES string of the molecule is CCC[C@@H](CO)Nc1nc(N)ncc1OCc1cccc(C(=O)CN)n1. The second-order valence-corrected chi connectivity index (χ2v) is 5.68. The molecule has 0 aliphatic rings. The van der Waals surface area contributed by atoms with Gasteiger partial charge in [-0.2, -0.15) is 4.98 Å². The largest absolute Gasteiger partial charge is 0.482 e. The summed E-state index contributed by atoms with van der Waals surface area (Å²) in [7, 11) is 0. The van der Waals surface area contributed by atoms with Crippen LogP contribution >= 0.6 is 0 Å². The van der Waals surface area contributed by atoms with Crippen molar-refractivity contribution >= 4 is 17.5 Å². The molecule has 0 unspecified atom stereocenters. The molecule has 0 aliphatic heterocycles. The van der Waals surface area contributed by atoms with Crippen LogP contribution in [0, 0.1) is 0 Å². The first-order valence-electron chi connectivity index (χ1n) is 8.39. The van der Waals surface area contributed by atoms with Gasteiger partial charge in [-0.1, -0.05) is 19.4 Å². The lowest BCUT2D eigenvalue weighted by Crippen LogP contribution is -2.24. The van der Waals surface area contributed by atoms with E-state index in [0.29, 0.717) is 23.0 Å². The van der Waals surface area contributed by atoms with Gasteiger partial charge < -0.3 is 26.6 Å². The molecular formula is C17H24N6O3. The number of hydrogen-bond donors (Lipinski definition) is 4. The lowest BCUT2D eigenvalue weighted by atomic mass is 10.2. The van der Waals surface area contributed by atoms with Gasteiger partial charge in [0, 0.05) is 0 Å². The number of aromatic nitrogens is 3. The number of carbonyl (C=O) groups excluding carboxylic acids is 1. The summed E-state index contributed by atoms with van der Waals surface area (Å²) in [6, 6.07) is 4.90. The Bertz CT molecular complexity index is 740. The van der Waals surface area contributed by atoms with Gasteiger partial charge in [-0.3, -0.25) is 4.79 Å². The van der Waals surface area contributed by atoms with E-state index in [1.165, 1.54) is 6.20 Å². The van der Waals surface area contributed by atoms with Gasteiger partial charge in [0.15, 0.2) is 17.4 Å². The second-order valence-electron chi connectivity index (χ2n) is 5.68. The Morgan fingerprint density at radius 3 is 2.88 bits per heavy atom. The van der Waals surface area contributed by atoms with E-state index in [1.807, 2.05) is 6.92 Å². The molecule has 9 heteroatoms. The maximum absolute atomic E-state index is 11.7. The molecule has 0 saturated heterocycles. The van der Waals surface area contributed by atoms with Crippen molar-refractivity contribution in [2.45, 2.75) is 32.4 Å². The van der Waals surface area contributed by atoms with Gasteiger partial charge in [-0.25, -0.2) is 9.97 Å². The fourth-order valence-corrected chi connectivity index (χ4v) is 2.32. The number of ketones is 1. The monoisotopic (exact) mass is 360 g/mol. The van der Waals surface area contributed by atoms with Crippen LogP contribution in [0.25, 0.3) is 0 Å². The van der Waals surface area contributed by atoms with Crippen molar-refractivity contribution in [1.29, 1.82) is 0 Å². The number of pyridine rings is 1. The number of nitrogens with zero attached hydrogens (tertiary/aromatic N) is 3. The van der Waals surface area contributed by atoms with Crippen LogP contribution in [-0.2, 0) is 6.61 Å². The highest BCUT2D eigenvalue weighted by Crippen LogP contribution is 2.24. The topological polar surface area (TPSA) is 149 Å². The number of rotatable bonds is 10. The number of nitrogens with one attached hydrogen (secondary N) is 1. The van der Waals surface area contributed by atoms with Crippen LogP contribution in [0.4, 0.5) is 11.8 Å². The average molecular weight is 360 g/mol. The highest BCUT2D eigenvalue weighted by Gasteiger charge is 2.14. The second kappa shape index (κ2) is 9.64. The Balaban J connectivity index is 2.13.